The molecule has 8 nitrogen and oxygen atoms in total. The van der Waals surface area contributed by atoms with Gasteiger partial charge in [0.2, 0.25) is 5.75 Å². The summed E-state index contributed by atoms with van der Waals surface area (Å²) in [6.45, 7) is 4.73. The first-order valence-corrected chi connectivity index (χ1v) is 12.9. The largest absolute Gasteiger partial charge is 0.493 e. The Labute approximate surface area is 232 Å². The molecule has 4 rings (SSSR count). The van der Waals surface area contributed by atoms with E-state index in [1.807, 2.05) is 18.2 Å². The lowest BCUT2D eigenvalue weighted by atomic mass is 10.1. The van der Waals surface area contributed by atoms with Gasteiger partial charge in [-0.05, 0) is 42.3 Å². The van der Waals surface area contributed by atoms with Gasteiger partial charge in [0, 0.05) is 32.3 Å². The topological polar surface area (TPSA) is 73.4 Å². The van der Waals surface area contributed by atoms with Crippen LogP contribution in [-0.2, 0) is 9.53 Å². The predicted molar refractivity (Wildman–Crippen MR) is 151 cm³/mol. The van der Waals surface area contributed by atoms with Crippen LogP contribution in [-0.4, -0.2) is 76.5 Å². The standard InChI is InChI=1S/C26H30ClN3O5S.ClH/c1-32-20-16-18(17-21(33-2)25(20)34-3)8-9-23(31)30(11-5-10-29-12-14-35-15-13-29)26-28-24-19(27)6-4-7-22(24)36-26;/h4,6-9,16-17H,5,10-15H2,1-3H3;1H/b9-8+;. The third-order valence-electron chi connectivity index (χ3n) is 5.92. The number of ether oxygens (including phenoxy) is 4. The summed E-state index contributed by atoms with van der Waals surface area (Å²) in [6.07, 6.45) is 4.10. The Kier molecular flexibility index (Phi) is 10.8. The number of aromatic nitrogens is 1. The van der Waals surface area contributed by atoms with Crippen LogP contribution in [0.2, 0.25) is 5.02 Å². The Balaban J connectivity index is 0.00000380. The molecule has 0 saturated carbocycles. The normalized spacial score (nSPS) is 13.9. The molecule has 1 aliphatic rings. The van der Waals surface area contributed by atoms with Gasteiger partial charge >= 0.3 is 0 Å². The molecule has 0 unspecified atom stereocenters. The van der Waals surface area contributed by atoms with E-state index in [0.717, 1.165) is 49.5 Å². The van der Waals surface area contributed by atoms with E-state index in [1.165, 1.54) is 11.3 Å². The fourth-order valence-corrected chi connectivity index (χ4v) is 5.35. The SMILES string of the molecule is COc1cc(/C=C/C(=O)N(CCCN2CCOCC2)c2nc3c(Cl)cccc3s2)cc(OC)c1OC.Cl. The fourth-order valence-electron chi connectivity index (χ4n) is 4.05. The molecule has 0 radical (unpaired) electrons. The average Bonchev–Trinajstić information content (AvgIpc) is 3.35. The van der Waals surface area contributed by atoms with Crippen LogP contribution in [0.25, 0.3) is 16.3 Å². The van der Waals surface area contributed by atoms with Crippen molar-refractivity contribution in [3.05, 3.63) is 47.0 Å². The van der Waals surface area contributed by atoms with E-state index < -0.39 is 0 Å². The second-order valence-corrected chi connectivity index (χ2v) is 9.59. The van der Waals surface area contributed by atoms with E-state index in [2.05, 4.69) is 4.90 Å². The first-order chi connectivity index (χ1) is 17.5. The number of anilines is 1. The monoisotopic (exact) mass is 567 g/mol. The number of halogens is 2. The molecule has 3 aromatic rings. The molecular weight excluding hydrogens is 537 g/mol. The highest BCUT2D eigenvalue weighted by molar-refractivity contribution is 7.22. The van der Waals surface area contributed by atoms with Gasteiger partial charge < -0.3 is 18.9 Å². The lowest BCUT2D eigenvalue weighted by Gasteiger charge is -2.27. The zero-order chi connectivity index (χ0) is 25.5. The molecule has 200 valence electrons. The summed E-state index contributed by atoms with van der Waals surface area (Å²) in [5.41, 5.74) is 1.46. The van der Waals surface area contributed by atoms with Crippen molar-refractivity contribution >= 4 is 62.7 Å². The number of hydrogen-bond acceptors (Lipinski definition) is 8. The first-order valence-electron chi connectivity index (χ1n) is 11.7. The molecular formula is C26H31Cl2N3O5S. The molecule has 2 aromatic carbocycles. The summed E-state index contributed by atoms with van der Waals surface area (Å²) in [6, 6.07) is 9.26. The molecule has 37 heavy (non-hydrogen) atoms. The van der Waals surface area contributed by atoms with Crippen LogP contribution in [0.5, 0.6) is 17.2 Å². The lowest BCUT2D eigenvalue weighted by molar-refractivity contribution is -0.114. The van der Waals surface area contributed by atoms with Crippen LogP contribution in [0.15, 0.2) is 36.4 Å². The molecule has 0 bridgehead atoms. The minimum atomic E-state index is -0.166. The molecule has 0 spiro atoms. The Bertz CT molecular complexity index is 1210. The molecule has 0 N–H and O–H groups in total. The smallest absolute Gasteiger partial charge is 0.252 e. The van der Waals surface area contributed by atoms with Gasteiger partial charge in [0.05, 0.1) is 44.3 Å². The minimum absolute atomic E-state index is 0. The summed E-state index contributed by atoms with van der Waals surface area (Å²) in [5, 5.41) is 1.20. The van der Waals surface area contributed by atoms with Crippen LogP contribution >= 0.6 is 35.3 Å². The lowest BCUT2D eigenvalue weighted by Crippen LogP contribution is -2.39. The predicted octanol–water partition coefficient (Wildman–Crippen LogP) is 5.17. The van der Waals surface area contributed by atoms with Gasteiger partial charge in [-0.3, -0.25) is 14.6 Å². The highest BCUT2D eigenvalue weighted by Crippen LogP contribution is 2.38. The maximum absolute atomic E-state index is 13.4. The van der Waals surface area contributed by atoms with E-state index in [1.54, 1.807) is 50.5 Å². The Hall–Kier alpha value is -2.56. The van der Waals surface area contributed by atoms with E-state index in [0.29, 0.717) is 39.5 Å². The average molecular weight is 569 g/mol. The quantitative estimate of drug-likeness (QED) is 0.313. The second-order valence-electron chi connectivity index (χ2n) is 8.17. The van der Waals surface area contributed by atoms with Crippen molar-refractivity contribution in [1.29, 1.82) is 0 Å². The first kappa shape index (κ1) is 29.0. The number of methoxy groups -OCH3 is 3. The number of carbonyl (C=O) groups excluding carboxylic acids is 1. The number of rotatable bonds is 10. The second kappa shape index (κ2) is 13.8. The number of carbonyl (C=O) groups is 1. The van der Waals surface area contributed by atoms with Crippen molar-refractivity contribution in [3.8, 4) is 17.2 Å². The highest BCUT2D eigenvalue weighted by atomic mass is 35.5. The number of amides is 1. The highest BCUT2D eigenvalue weighted by Gasteiger charge is 2.20. The Morgan fingerprint density at radius 2 is 1.86 bits per heavy atom. The maximum Gasteiger partial charge on any atom is 0.252 e. The van der Waals surface area contributed by atoms with Crippen LogP contribution in [0.3, 0.4) is 0 Å². The summed E-state index contributed by atoms with van der Waals surface area (Å²) in [4.78, 5) is 22.2. The van der Waals surface area contributed by atoms with Crippen molar-refractivity contribution in [2.75, 3.05) is 65.6 Å². The van der Waals surface area contributed by atoms with E-state index in [9.17, 15) is 4.79 Å². The van der Waals surface area contributed by atoms with Gasteiger partial charge in [0.15, 0.2) is 16.6 Å². The Morgan fingerprint density at radius 1 is 1.16 bits per heavy atom. The number of nitrogens with zero attached hydrogens (tertiary/aromatic N) is 3. The molecule has 11 heteroatoms. The molecule has 1 aliphatic heterocycles. The van der Waals surface area contributed by atoms with Gasteiger partial charge in [-0.15, -0.1) is 12.4 Å². The Morgan fingerprint density at radius 3 is 2.49 bits per heavy atom. The molecule has 1 fully saturated rings. The van der Waals surface area contributed by atoms with Crippen LogP contribution in [0, 0.1) is 0 Å². The molecule has 1 amide bonds. The van der Waals surface area contributed by atoms with Crippen LogP contribution in [0.4, 0.5) is 5.13 Å². The molecule has 1 saturated heterocycles. The van der Waals surface area contributed by atoms with Crippen molar-refractivity contribution in [2.45, 2.75) is 6.42 Å². The van der Waals surface area contributed by atoms with Gasteiger partial charge in [-0.25, -0.2) is 4.98 Å². The third kappa shape index (κ3) is 7.06. The van der Waals surface area contributed by atoms with Crippen LogP contribution in [0.1, 0.15) is 12.0 Å². The summed E-state index contributed by atoms with van der Waals surface area (Å²) >= 11 is 7.82. The summed E-state index contributed by atoms with van der Waals surface area (Å²) in [5.74, 6) is 1.37. The number of para-hydroxylation sites is 1. The summed E-state index contributed by atoms with van der Waals surface area (Å²) in [7, 11) is 4.67. The fraction of sp³-hybridized carbons (Fsp3) is 0.385. The minimum Gasteiger partial charge on any atom is -0.493 e. The van der Waals surface area contributed by atoms with Crippen molar-refractivity contribution in [3.63, 3.8) is 0 Å². The van der Waals surface area contributed by atoms with E-state index in [4.69, 9.17) is 35.5 Å². The van der Waals surface area contributed by atoms with Crippen LogP contribution < -0.4 is 19.1 Å². The number of thiazole rings is 1. The van der Waals surface area contributed by atoms with Crippen molar-refractivity contribution < 1.29 is 23.7 Å². The van der Waals surface area contributed by atoms with Crippen molar-refractivity contribution in [2.24, 2.45) is 0 Å². The van der Waals surface area contributed by atoms with Gasteiger partial charge in [0.1, 0.15) is 5.52 Å². The van der Waals surface area contributed by atoms with Crippen molar-refractivity contribution in [1.82, 2.24) is 9.88 Å². The number of benzene rings is 2. The van der Waals surface area contributed by atoms with Gasteiger partial charge in [0.25, 0.3) is 5.91 Å². The van der Waals surface area contributed by atoms with E-state index >= 15 is 0 Å². The molecule has 0 atom stereocenters. The summed E-state index contributed by atoms with van der Waals surface area (Å²) < 4.78 is 22.6. The number of hydrogen-bond donors (Lipinski definition) is 0. The molecule has 0 aliphatic carbocycles. The zero-order valence-electron chi connectivity index (χ0n) is 21.1. The third-order valence-corrected chi connectivity index (χ3v) is 7.27. The zero-order valence-corrected chi connectivity index (χ0v) is 23.5. The molecule has 2 heterocycles. The maximum atomic E-state index is 13.4. The molecule has 1 aromatic heterocycles. The number of fused-ring (bicyclic) bond motifs is 1. The van der Waals surface area contributed by atoms with E-state index in [-0.39, 0.29) is 18.3 Å². The van der Waals surface area contributed by atoms with Gasteiger partial charge in [-0.1, -0.05) is 29.0 Å². The van der Waals surface area contributed by atoms with Gasteiger partial charge in [-0.2, -0.15) is 0 Å². The number of morpholine rings is 1.